The van der Waals surface area contributed by atoms with E-state index in [9.17, 15) is 0 Å². The van der Waals surface area contributed by atoms with Crippen LogP contribution in [0.2, 0.25) is 0 Å². The van der Waals surface area contributed by atoms with Crippen molar-refractivity contribution in [1.29, 1.82) is 0 Å². The quantitative estimate of drug-likeness (QED) is 0.923. The van der Waals surface area contributed by atoms with Crippen LogP contribution in [0.25, 0.3) is 0 Å². The van der Waals surface area contributed by atoms with Crippen molar-refractivity contribution in [2.24, 2.45) is 0 Å². The van der Waals surface area contributed by atoms with Gasteiger partial charge in [-0.2, -0.15) is 0 Å². The van der Waals surface area contributed by atoms with Crippen LogP contribution >= 0.6 is 15.9 Å². The Morgan fingerprint density at radius 1 is 1.56 bits per heavy atom. The van der Waals surface area contributed by atoms with Gasteiger partial charge in [-0.3, -0.25) is 0 Å². The summed E-state index contributed by atoms with van der Waals surface area (Å²) in [6.07, 6.45) is 5.72. The molecule has 0 saturated carbocycles. The fourth-order valence-corrected chi connectivity index (χ4v) is 2.53. The van der Waals surface area contributed by atoms with Crippen molar-refractivity contribution in [1.82, 2.24) is 5.32 Å². The van der Waals surface area contributed by atoms with Crippen molar-refractivity contribution >= 4 is 15.9 Å². The second kappa shape index (κ2) is 5.84. The minimum Gasteiger partial charge on any atom is -0.466 e. The van der Waals surface area contributed by atoms with Crippen LogP contribution in [-0.2, 0) is 4.74 Å². The molecular weight excluding hydrogens is 270 g/mol. The molecule has 4 heteroatoms. The molecule has 3 nitrogen and oxygen atoms in total. The van der Waals surface area contributed by atoms with E-state index >= 15 is 0 Å². The Labute approximate surface area is 105 Å². The highest BCUT2D eigenvalue weighted by Crippen LogP contribution is 2.24. The molecule has 1 saturated heterocycles. The van der Waals surface area contributed by atoms with Crippen molar-refractivity contribution < 1.29 is 9.15 Å². The first kappa shape index (κ1) is 12.1. The van der Waals surface area contributed by atoms with Crippen LogP contribution in [0.1, 0.15) is 38.0 Å². The zero-order valence-corrected chi connectivity index (χ0v) is 11.1. The van der Waals surface area contributed by atoms with Gasteiger partial charge >= 0.3 is 0 Å². The molecule has 0 radical (unpaired) electrons. The van der Waals surface area contributed by atoms with E-state index < -0.39 is 0 Å². The Balaban J connectivity index is 1.79. The largest absolute Gasteiger partial charge is 0.466 e. The summed E-state index contributed by atoms with van der Waals surface area (Å²) in [6, 6.07) is 2.14. The van der Waals surface area contributed by atoms with Crippen LogP contribution in [0.5, 0.6) is 0 Å². The highest BCUT2D eigenvalue weighted by molar-refractivity contribution is 9.10. The number of rotatable bonds is 4. The first-order valence-electron chi connectivity index (χ1n) is 5.85. The van der Waals surface area contributed by atoms with Crippen LogP contribution < -0.4 is 5.32 Å². The highest BCUT2D eigenvalue weighted by Gasteiger charge is 2.17. The molecule has 1 aliphatic rings. The van der Waals surface area contributed by atoms with Crippen LogP contribution in [0.3, 0.4) is 0 Å². The molecule has 0 aromatic carbocycles. The number of halogens is 1. The van der Waals surface area contributed by atoms with Gasteiger partial charge in [-0.1, -0.05) is 0 Å². The standard InChI is InChI=1S/C12H18BrNO2/c1-9(12-11(13)5-7-16-12)14-8-10-4-2-3-6-15-10/h5,7,9-10,14H,2-4,6,8H2,1H3. The minimum atomic E-state index is 0.218. The summed E-state index contributed by atoms with van der Waals surface area (Å²) in [4.78, 5) is 0. The van der Waals surface area contributed by atoms with Gasteiger partial charge in [0.1, 0.15) is 5.76 Å². The zero-order valence-electron chi connectivity index (χ0n) is 9.54. The average Bonchev–Trinajstić information content (AvgIpc) is 2.74. The van der Waals surface area contributed by atoms with Crippen molar-refractivity contribution in [3.8, 4) is 0 Å². The Hall–Kier alpha value is -0.320. The minimum absolute atomic E-state index is 0.218. The maximum atomic E-state index is 5.67. The van der Waals surface area contributed by atoms with Crippen molar-refractivity contribution in [3.63, 3.8) is 0 Å². The van der Waals surface area contributed by atoms with Gasteiger partial charge in [-0.15, -0.1) is 0 Å². The van der Waals surface area contributed by atoms with E-state index in [1.165, 1.54) is 19.3 Å². The molecule has 1 aromatic heterocycles. The lowest BCUT2D eigenvalue weighted by Gasteiger charge is -2.24. The summed E-state index contributed by atoms with van der Waals surface area (Å²) in [7, 11) is 0. The summed E-state index contributed by atoms with van der Waals surface area (Å²) in [5, 5.41) is 3.45. The summed E-state index contributed by atoms with van der Waals surface area (Å²) < 4.78 is 12.1. The van der Waals surface area contributed by atoms with Crippen LogP contribution in [0.15, 0.2) is 21.2 Å². The molecule has 0 spiro atoms. The summed E-state index contributed by atoms with van der Waals surface area (Å²) >= 11 is 3.47. The average molecular weight is 288 g/mol. The Bertz CT molecular complexity index is 321. The lowest BCUT2D eigenvalue weighted by Crippen LogP contribution is -2.33. The van der Waals surface area contributed by atoms with Gasteiger partial charge in [0.25, 0.3) is 0 Å². The molecule has 0 aliphatic carbocycles. The van der Waals surface area contributed by atoms with E-state index in [1.807, 2.05) is 6.07 Å². The van der Waals surface area contributed by atoms with E-state index in [-0.39, 0.29) is 6.04 Å². The molecule has 1 aliphatic heterocycles. The highest BCUT2D eigenvalue weighted by atomic mass is 79.9. The molecule has 0 bridgehead atoms. The van der Waals surface area contributed by atoms with E-state index in [2.05, 4.69) is 28.2 Å². The Morgan fingerprint density at radius 2 is 2.44 bits per heavy atom. The topological polar surface area (TPSA) is 34.4 Å². The second-order valence-corrected chi connectivity index (χ2v) is 5.11. The third kappa shape index (κ3) is 3.09. The number of ether oxygens (including phenoxy) is 1. The zero-order chi connectivity index (χ0) is 11.4. The maximum Gasteiger partial charge on any atom is 0.134 e. The van der Waals surface area contributed by atoms with E-state index in [1.54, 1.807) is 6.26 Å². The number of hydrogen-bond donors (Lipinski definition) is 1. The fourth-order valence-electron chi connectivity index (χ4n) is 1.98. The summed E-state index contributed by atoms with van der Waals surface area (Å²) in [5.74, 6) is 0.954. The predicted octanol–water partition coefficient (Wildman–Crippen LogP) is 3.26. The van der Waals surface area contributed by atoms with E-state index in [0.29, 0.717) is 6.10 Å². The number of furan rings is 1. The normalized spacial score (nSPS) is 23.2. The van der Waals surface area contributed by atoms with Gasteiger partial charge in [-0.05, 0) is 48.2 Å². The van der Waals surface area contributed by atoms with Gasteiger partial charge < -0.3 is 14.5 Å². The molecule has 2 heterocycles. The molecule has 1 fully saturated rings. The molecule has 1 aromatic rings. The molecule has 16 heavy (non-hydrogen) atoms. The van der Waals surface area contributed by atoms with E-state index in [4.69, 9.17) is 9.15 Å². The monoisotopic (exact) mass is 287 g/mol. The smallest absolute Gasteiger partial charge is 0.134 e. The van der Waals surface area contributed by atoms with Gasteiger partial charge in [-0.25, -0.2) is 0 Å². The van der Waals surface area contributed by atoms with Crippen LogP contribution in [0, 0.1) is 0 Å². The fraction of sp³-hybridized carbons (Fsp3) is 0.667. The SMILES string of the molecule is CC(NCC1CCCCO1)c1occc1Br. The van der Waals surface area contributed by atoms with Crippen LogP contribution in [0.4, 0.5) is 0 Å². The number of hydrogen-bond acceptors (Lipinski definition) is 3. The van der Waals surface area contributed by atoms with Crippen molar-refractivity contribution in [3.05, 3.63) is 22.6 Å². The third-order valence-electron chi connectivity index (χ3n) is 2.96. The summed E-state index contributed by atoms with van der Waals surface area (Å²) in [6.45, 7) is 3.91. The Morgan fingerprint density at radius 3 is 3.06 bits per heavy atom. The first-order valence-corrected chi connectivity index (χ1v) is 6.64. The molecular formula is C12H18BrNO2. The van der Waals surface area contributed by atoms with Crippen LogP contribution in [-0.4, -0.2) is 19.3 Å². The lowest BCUT2D eigenvalue weighted by atomic mass is 10.1. The van der Waals surface area contributed by atoms with E-state index in [0.717, 1.165) is 23.4 Å². The first-order chi connectivity index (χ1) is 7.77. The molecule has 90 valence electrons. The molecule has 0 amide bonds. The number of nitrogens with one attached hydrogen (secondary N) is 1. The molecule has 2 unspecified atom stereocenters. The van der Waals surface area contributed by atoms with Gasteiger partial charge in [0.15, 0.2) is 0 Å². The Kier molecular flexibility index (Phi) is 4.44. The molecule has 2 rings (SSSR count). The summed E-state index contributed by atoms with van der Waals surface area (Å²) in [5.41, 5.74) is 0. The predicted molar refractivity (Wildman–Crippen MR) is 66.4 cm³/mol. The lowest BCUT2D eigenvalue weighted by molar-refractivity contribution is 0.0153. The third-order valence-corrected chi connectivity index (χ3v) is 3.62. The van der Waals surface area contributed by atoms with Crippen molar-refractivity contribution in [2.45, 2.75) is 38.3 Å². The molecule has 1 N–H and O–H groups in total. The maximum absolute atomic E-state index is 5.67. The second-order valence-electron chi connectivity index (χ2n) is 4.25. The van der Waals surface area contributed by atoms with Gasteiger partial charge in [0, 0.05) is 13.2 Å². The van der Waals surface area contributed by atoms with Crippen molar-refractivity contribution in [2.75, 3.05) is 13.2 Å². The molecule has 2 atom stereocenters. The van der Waals surface area contributed by atoms with Gasteiger partial charge in [0.05, 0.1) is 22.9 Å². The van der Waals surface area contributed by atoms with Gasteiger partial charge in [0.2, 0.25) is 0 Å².